The van der Waals surface area contributed by atoms with E-state index >= 15 is 0 Å². The van der Waals surface area contributed by atoms with Crippen molar-refractivity contribution >= 4 is 33.9 Å². The zero-order chi connectivity index (χ0) is 23.0. The molecule has 7 heteroatoms. The molecule has 0 spiro atoms. The van der Waals surface area contributed by atoms with Crippen LogP contribution in [0.2, 0.25) is 0 Å². The van der Waals surface area contributed by atoms with E-state index in [2.05, 4.69) is 20.5 Å². The van der Waals surface area contributed by atoms with Gasteiger partial charge in [0, 0.05) is 27.2 Å². The van der Waals surface area contributed by atoms with Gasteiger partial charge < -0.3 is 18.6 Å². The normalized spacial score (nSPS) is 15.2. The maximum absolute atomic E-state index is 13.3. The number of esters is 1. The largest absolute Gasteiger partial charge is 0.467 e. The molecule has 0 unspecified atom stereocenters. The second kappa shape index (κ2) is 8.67. The lowest BCUT2D eigenvalue weighted by Gasteiger charge is -2.16. The lowest BCUT2D eigenvalue weighted by Crippen LogP contribution is -2.24. The Morgan fingerprint density at radius 1 is 1.16 bits per heavy atom. The van der Waals surface area contributed by atoms with Gasteiger partial charge in [-0.1, -0.05) is 15.9 Å². The first-order valence-electron chi connectivity index (χ1n) is 10.1. The number of ether oxygens (including phenoxy) is 1. The Morgan fingerprint density at radius 2 is 1.88 bits per heavy atom. The summed E-state index contributed by atoms with van der Waals surface area (Å²) in [7, 11) is 1.32. The highest BCUT2D eigenvalue weighted by molar-refractivity contribution is 9.10. The molecule has 1 amide bonds. The second-order valence-corrected chi connectivity index (χ2v) is 8.53. The van der Waals surface area contributed by atoms with Gasteiger partial charge in [0.05, 0.1) is 31.1 Å². The Hall–Kier alpha value is -3.32. The summed E-state index contributed by atoms with van der Waals surface area (Å²) in [4.78, 5) is 27.5. The number of carbonyl (C=O) groups is 2. The van der Waals surface area contributed by atoms with E-state index in [1.807, 2.05) is 44.2 Å². The van der Waals surface area contributed by atoms with Crippen LogP contribution in [0.1, 0.15) is 29.6 Å². The van der Waals surface area contributed by atoms with Crippen molar-refractivity contribution in [1.82, 2.24) is 9.47 Å². The van der Waals surface area contributed by atoms with Crippen molar-refractivity contribution in [2.45, 2.75) is 27.3 Å². The molecule has 0 atom stereocenters. The Kier molecular flexibility index (Phi) is 5.93. The first-order valence-corrected chi connectivity index (χ1v) is 10.9. The predicted octanol–water partition coefficient (Wildman–Crippen LogP) is 5.32. The third kappa shape index (κ3) is 3.84. The van der Waals surface area contributed by atoms with Crippen molar-refractivity contribution in [1.29, 1.82) is 0 Å². The van der Waals surface area contributed by atoms with E-state index in [1.54, 1.807) is 36.3 Å². The lowest BCUT2D eigenvalue weighted by molar-refractivity contribution is -0.136. The van der Waals surface area contributed by atoms with Gasteiger partial charge in [-0.15, -0.1) is 0 Å². The summed E-state index contributed by atoms with van der Waals surface area (Å²) in [6.07, 6.45) is 3.34. The predicted molar refractivity (Wildman–Crippen MR) is 125 cm³/mol. The quantitative estimate of drug-likeness (QED) is 0.355. The van der Waals surface area contributed by atoms with Crippen molar-refractivity contribution < 1.29 is 18.7 Å². The van der Waals surface area contributed by atoms with E-state index in [9.17, 15) is 9.59 Å². The molecule has 0 saturated carbocycles. The summed E-state index contributed by atoms with van der Waals surface area (Å²) in [5.74, 6) is -0.157. The third-order valence-electron chi connectivity index (χ3n) is 5.65. The number of nitrogens with zero attached hydrogens (tertiary/aromatic N) is 2. The van der Waals surface area contributed by atoms with Crippen LogP contribution in [0.15, 0.2) is 74.5 Å². The number of amides is 1. The monoisotopic (exact) mass is 494 g/mol. The summed E-state index contributed by atoms with van der Waals surface area (Å²) < 4.78 is 13.5. The molecule has 1 aliphatic rings. The molecule has 0 fully saturated rings. The molecule has 3 aromatic rings. The number of rotatable bonds is 5. The summed E-state index contributed by atoms with van der Waals surface area (Å²) in [6.45, 7) is 6.00. The number of carbonyl (C=O) groups excluding carboxylic acids is 2. The van der Waals surface area contributed by atoms with Gasteiger partial charge >= 0.3 is 5.97 Å². The number of furan rings is 1. The van der Waals surface area contributed by atoms with Crippen LogP contribution in [-0.4, -0.2) is 28.5 Å². The van der Waals surface area contributed by atoms with Gasteiger partial charge in [-0.25, -0.2) is 4.79 Å². The maximum atomic E-state index is 13.3. The van der Waals surface area contributed by atoms with Crippen LogP contribution < -0.4 is 0 Å². The molecular weight excluding hydrogens is 472 g/mol. The van der Waals surface area contributed by atoms with E-state index in [1.165, 1.54) is 7.11 Å². The number of hydrogen-bond donors (Lipinski definition) is 0. The van der Waals surface area contributed by atoms with Crippen LogP contribution >= 0.6 is 15.9 Å². The van der Waals surface area contributed by atoms with Crippen LogP contribution in [0.5, 0.6) is 0 Å². The Morgan fingerprint density at radius 3 is 2.50 bits per heavy atom. The maximum Gasteiger partial charge on any atom is 0.340 e. The van der Waals surface area contributed by atoms with Gasteiger partial charge in [0.1, 0.15) is 5.76 Å². The average molecular weight is 495 g/mol. The van der Waals surface area contributed by atoms with Crippen LogP contribution in [0.4, 0.5) is 0 Å². The van der Waals surface area contributed by atoms with E-state index in [0.717, 1.165) is 27.1 Å². The Balaban J connectivity index is 1.78. The van der Waals surface area contributed by atoms with Crippen molar-refractivity contribution in [3.63, 3.8) is 0 Å². The minimum absolute atomic E-state index is 0.243. The smallest absolute Gasteiger partial charge is 0.340 e. The van der Waals surface area contributed by atoms with E-state index in [4.69, 9.17) is 9.15 Å². The Labute approximate surface area is 194 Å². The molecule has 0 N–H and O–H groups in total. The number of allylic oxidation sites excluding steroid dienone is 1. The molecule has 0 radical (unpaired) electrons. The molecule has 3 heterocycles. The van der Waals surface area contributed by atoms with Gasteiger partial charge in [0.15, 0.2) is 0 Å². The van der Waals surface area contributed by atoms with Crippen LogP contribution in [0.25, 0.3) is 11.8 Å². The van der Waals surface area contributed by atoms with E-state index in [-0.39, 0.29) is 18.0 Å². The Bertz CT molecular complexity index is 1250. The molecule has 32 heavy (non-hydrogen) atoms. The minimum atomic E-state index is -0.536. The first-order chi connectivity index (χ1) is 15.3. The molecule has 0 saturated heterocycles. The van der Waals surface area contributed by atoms with Gasteiger partial charge in [-0.05, 0) is 74.9 Å². The molecule has 0 aliphatic carbocycles. The van der Waals surface area contributed by atoms with Crippen molar-refractivity contribution in [3.8, 4) is 5.69 Å². The van der Waals surface area contributed by atoms with Gasteiger partial charge in [0.25, 0.3) is 5.91 Å². The van der Waals surface area contributed by atoms with Gasteiger partial charge in [-0.3, -0.25) is 4.79 Å². The second-order valence-electron chi connectivity index (χ2n) is 7.62. The summed E-state index contributed by atoms with van der Waals surface area (Å²) in [6, 6.07) is 13.6. The van der Waals surface area contributed by atoms with Crippen LogP contribution in [0.3, 0.4) is 0 Å². The number of benzene rings is 1. The highest BCUT2D eigenvalue weighted by Gasteiger charge is 2.37. The molecule has 0 bridgehead atoms. The van der Waals surface area contributed by atoms with Gasteiger partial charge in [-0.2, -0.15) is 0 Å². The van der Waals surface area contributed by atoms with E-state index in [0.29, 0.717) is 17.0 Å². The van der Waals surface area contributed by atoms with Crippen LogP contribution in [0, 0.1) is 13.8 Å². The van der Waals surface area contributed by atoms with Crippen molar-refractivity contribution in [2.24, 2.45) is 0 Å². The number of aryl methyl sites for hydroxylation is 1. The molecular formula is C25H23BrN2O4. The average Bonchev–Trinajstić information content (AvgIpc) is 3.44. The molecule has 1 aliphatic heterocycles. The summed E-state index contributed by atoms with van der Waals surface area (Å²) in [5, 5.41) is 0. The molecule has 6 nitrogen and oxygen atoms in total. The fourth-order valence-corrected chi connectivity index (χ4v) is 4.32. The SMILES string of the molecule is COC(=O)C1=C(C)N(Cc2ccco2)C(=O)C1=Cc1cc(C)n(-c2ccc(Br)cc2)c1C. The molecule has 2 aromatic heterocycles. The highest BCUT2D eigenvalue weighted by atomic mass is 79.9. The molecule has 1 aromatic carbocycles. The van der Waals surface area contributed by atoms with Crippen molar-refractivity contribution in [3.05, 3.63) is 92.8 Å². The fourth-order valence-electron chi connectivity index (χ4n) is 4.05. The minimum Gasteiger partial charge on any atom is -0.467 e. The molecule has 164 valence electrons. The van der Waals surface area contributed by atoms with Gasteiger partial charge in [0.2, 0.25) is 0 Å². The van der Waals surface area contributed by atoms with E-state index < -0.39 is 5.97 Å². The lowest BCUT2D eigenvalue weighted by atomic mass is 10.0. The highest BCUT2D eigenvalue weighted by Crippen LogP contribution is 2.34. The number of halogens is 1. The fraction of sp³-hybridized carbons (Fsp3) is 0.200. The number of hydrogen-bond acceptors (Lipinski definition) is 4. The molecule has 4 rings (SSSR count). The zero-order valence-corrected chi connectivity index (χ0v) is 19.9. The summed E-state index contributed by atoms with van der Waals surface area (Å²) in [5.41, 5.74) is 5.01. The first kappa shape index (κ1) is 21.9. The van der Waals surface area contributed by atoms with Crippen molar-refractivity contribution in [2.75, 3.05) is 7.11 Å². The topological polar surface area (TPSA) is 64.7 Å². The zero-order valence-electron chi connectivity index (χ0n) is 18.3. The summed E-state index contributed by atoms with van der Waals surface area (Å²) >= 11 is 3.47. The third-order valence-corrected chi connectivity index (χ3v) is 6.18. The standard InChI is InChI=1S/C25H23BrN2O4/c1-15-12-18(16(2)28(15)20-9-7-19(26)8-10-20)13-22-23(25(30)31-4)17(3)27(24(22)29)14-21-6-5-11-32-21/h5-13H,14H2,1-4H3. The number of aromatic nitrogens is 1. The number of methoxy groups -OCH3 is 1. The van der Waals surface area contributed by atoms with Crippen LogP contribution in [-0.2, 0) is 20.9 Å².